The maximum atomic E-state index is 13.8. The van der Waals surface area contributed by atoms with Crippen LogP contribution in [0.25, 0.3) is 0 Å². The SMILES string of the molecule is CCc1cccc(CNC[C@@H](O)[C@H](Cc2ccccc2)NC(=O)c2cc(C(=O)N[C@H](C)c3ccccc3)cc(N(C)S(C)(=O)=O)c2)c1. The van der Waals surface area contributed by atoms with Gasteiger partial charge in [0.05, 0.1) is 30.1 Å². The molecule has 10 heteroatoms. The average Bonchev–Trinajstić information content (AvgIpc) is 3.07. The zero-order chi connectivity index (χ0) is 34.0. The Kier molecular flexibility index (Phi) is 12.3. The van der Waals surface area contributed by atoms with Crippen LogP contribution in [0, 0.1) is 0 Å². The van der Waals surface area contributed by atoms with E-state index in [2.05, 4.69) is 35.0 Å². The number of rotatable bonds is 15. The highest BCUT2D eigenvalue weighted by molar-refractivity contribution is 7.92. The summed E-state index contributed by atoms with van der Waals surface area (Å²) in [6, 6.07) is 30.5. The van der Waals surface area contributed by atoms with E-state index in [0.717, 1.165) is 33.7 Å². The van der Waals surface area contributed by atoms with Gasteiger partial charge in [0, 0.05) is 31.3 Å². The number of sulfonamides is 1. The molecule has 4 aromatic rings. The number of carbonyl (C=O) groups is 2. The van der Waals surface area contributed by atoms with Crippen molar-refractivity contribution in [1.29, 1.82) is 0 Å². The molecule has 0 saturated carbocycles. The average molecular weight is 657 g/mol. The summed E-state index contributed by atoms with van der Waals surface area (Å²) in [7, 11) is -2.33. The Bertz CT molecular complexity index is 1750. The first-order valence-electron chi connectivity index (χ1n) is 15.7. The number of aliphatic hydroxyl groups is 1. The van der Waals surface area contributed by atoms with Crippen LogP contribution in [0.4, 0.5) is 5.69 Å². The van der Waals surface area contributed by atoms with Crippen molar-refractivity contribution in [3.63, 3.8) is 0 Å². The van der Waals surface area contributed by atoms with Crippen molar-refractivity contribution in [2.75, 3.05) is 24.2 Å². The van der Waals surface area contributed by atoms with Gasteiger partial charge in [-0.3, -0.25) is 13.9 Å². The summed E-state index contributed by atoms with van der Waals surface area (Å²) in [6.45, 7) is 4.72. The van der Waals surface area contributed by atoms with Crippen molar-refractivity contribution in [2.45, 2.75) is 51.4 Å². The van der Waals surface area contributed by atoms with E-state index in [-0.39, 0.29) is 29.4 Å². The maximum absolute atomic E-state index is 13.8. The molecule has 9 nitrogen and oxygen atoms in total. The van der Waals surface area contributed by atoms with E-state index in [4.69, 9.17) is 0 Å². The Morgan fingerprint density at radius 3 is 1.98 bits per heavy atom. The zero-order valence-corrected chi connectivity index (χ0v) is 28.1. The van der Waals surface area contributed by atoms with Gasteiger partial charge in [0.2, 0.25) is 10.0 Å². The van der Waals surface area contributed by atoms with Gasteiger partial charge in [0.15, 0.2) is 0 Å². The number of aliphatic hydroxyl groups excluding tert-OH is 1. The second-order valence-electron chi connectivity index (χ2n) is 11.7. The molecule has 0 saturated heterocycles. The molecule has 0 aliphatic rings. The minimum Gasteiger partial charge on any atom is -0.390 e. The smallest absolute Gasteiger partial charge is 0.251 e. The lowest BCUT2D eigenvalue weighted by Crippen LogP contribution is -2.48. The molecule has 0 spiro atoms. The molecule has 3 atom stereocenters. The summed E-state index contributed by atoms with van der Waals surface area (Å²) in [6.07, 6.45) is 1.38. The zero-order valence-electron chi connectivity index (χ0n) is 27.3. The molecule has 0 aliphatic heterocycles. The second-order valence-corrected chi connectivity index (χ2v) is 13.8. The van der Waals surface area contributed by atoms with Gasteiger partial charge in [0.1, 0.15) is 0 Å². The molecule has 0 bridgehead atoms. The van der Waals surface area contributed by atoms with Gasteiger partial charge in [-0.2, -0.15) is 0 Å². The normalized spacial score (nSPS) is 13.3. The Labute approximate surface area is 278 Å². The number of amides is 2. The van der Waals surface area contributed by atoms with Crippen LogP contribution in [0.2, 0.25) is 0 Å². The Hall–Kier alpha value is -4.51. The van der Waals surface area contributed by atoms with Gasteiger partial charge in [-0.15, -0.1) is 0 Å². The van der Waals surface area contributed by atoms with E-state index in [1.165, 1.54) is 30.8 Å². The summed E-state index contributed by atoms with van der Waals surface area (Å²) in [5.41, 5.74) is 4.52. The van der Waals surface area contributed by atoms with E-state index >= 15 is 0 Å². The van der Waals surface area contributed by atoms with Crippen LogP contribution in [0.3, 0.4) is 0 Å². The van der Waals surface area contributed by atoms with E-state index in [0.29, 0.717) is 13.0 Å². The molecular weight excluding hydrogens is 612 g/mol. The van der Waals surface area contributed by atoms with Crippen LogP contribution < -0.4 is 20.3 Å². The van der Waals surface area contributed by atoms with Gasteiger partial charge in [-0.25, -0.2) is 8.42 Å². The van der Waals surface area contributed by atoms with Crippen LogP contribution in [0.1, 0.15) is 62.9 Å². The fourth-order valence-corrected chi connectivity index (χ4v) is 5.71. The third-order valence-electron chi connectivity index (χ3n) is 8.11. The van der Waals surface area contributed by atoms with Crippen molar-refractivity contribution in [3.8, 4) is 0 Å². The third kappa shape index (κ3) is 10.2. The molecule has 0 radical (unpaired) electrons. The highest BCUT2D eigenvalue weighted by atomic mass is 32.2. The highest BCUT2D eigenvalue weighted by Gasteiger charge is 2.25. The van der Waals surface area contributed by atoms with E-state index < -0.39 is 34.0 Å². The molecule has 4 aromatic carbocycles. The molecule has 0 unspecified atom stereocenters. The van der Waals surface area contributed by atoms with Crippen LogP contribution >= 0.6 is 0 Å². The Morgan fingerprint density at radius 2 is 1.36 bits per heavy atom. The van der Waals surface area contributed by atoms with Crippen molar-refractivity contribution in [2.24, 2.45) is 0 Å². The summed E-state index contributed by atoms with van der Waals surface area (Å²) in [4.78, 5) is 27.2. The summed E-state index contributed by atoms with van der Waals surface area (Å²) >= 11 is 0. The molecular formula is C37H44N4O5S. The fourth-order valence-electron chi connectivity index (χ4n) is 5.22. The molecule has 4 N–H and O–H groups in total. The standard InChI is InChI=1S/C37H44N4O5S/c1-5-27-15-12-16-29(19-27)24-38-25-35(42)34(20-28-13-8-6-9-14-28)40-37(44)32-21-31(22-33(23-32)41(3)47(4,45)46)36(43)39-26(2)30-17-10-7-11-18-30/h6-19,21-23,26,34-35,38,42H,5,20,24-25H2,1-4H3,(H,39,43)(H,40,44)/t26-,34+,35-/m1/s1. The summed E-state index contributed by atoms with van der Waals surface area (Å²) in [5, 5.41) is 20.5. The third-order valence-corrected chi connectivity index (χ3v) is 9.32. The van der Waals surface area contributed by atoms with Crippen LogP contribution in [-0.2, 0) is 29.4 Å². The molecule has 47 heavy (non-hydrogen) atoms. The predicted molar refractivity (Wildman–Crippen MR) is 187 cm³/mol. The lowest BCUT2D eigenvalue weighted by molar-refractivity contribution is 0.0830. The quantitative estimate of drug-likeness (QED) is 0.148. The number of nitrogens with zero attached hydrogens (tertiary/aromatic N) is 1. The van der Waals surface area contributed by atoms with Crippen molar-refractivity contribution >= 4 is 27.5 Å². The number of carbonyl (C=O) groups excluding carboxylic acids is 2. The minimum absolute atomic E-state index is 0.0881. The molecule has 0 heterocycles. The van der Waals surface area contributed by atoms with Crippen LogP contribution in [0.15, 0.2) is 103 Å². The van der Waals surface area contributed by atoms with Crippen LogP contribution in [-0.4, -0.2) is 57.3 Å². The van der Waals surface area contributed by atoms with Crippen LogP contribution in [0.5, 0.6) is 0 Å². The largest absolute Gasteiger partial charge is 0.390 e. The molecule has 248 valence electrons. The van der Waals surface area contributed by atoms with E-state index in [9.17, 15) is 23.1 Å². The molecule has 4 rings (SSSR count). The topological polar surface area (TPSA) is 128 Å². The molecule has 0 fully saturated rings. The summed E-state index contributed by atoms with van der Waals surface area (Å²) < 4.78 is 25.9. The lowest BCUT2D eigenvalue weighted by atomic mass is 9.99. The highest BCUT2D eigenvalue weighted by Crippen LogP contribution is 2.22. The van der Waals surface area contributed by atoms with Gasteiger partial charge in [-0.05, 0) is 60.2 Å². The lowest BCUT2D eigenvalue weighted by Gasteiger charge is -2.26. The number of hydrogen-bond acceptors (Lipinski definition) is 6. The van der Waals surface area contributed by atoms with Gasteiger partial charge in [0.25, 0.3) is 11.8 Å². The van der Waals surface area contributed by atoms with Gasteiger partial charge >= 0.3 is 0 Å². The predicted octanol–water partition coefficient (Wildman–Crippen LogP) is 4.63. The summed E-state index contributed by atoms with van der Waals surface area (Å²) in [5.74, 6) is -1.01. The fraction of sp³-hybridized carbons (Fsp3) is 0.297. The second kappa shape index (κ2) is 16.4. The first-order valence-corrected chi connectivity index (χ1v) is 17.6. The maximum Gasteiger partial charge on any atom is 0.251 e. The van der Waals surface area contributed by atoms with E-state index in [1.807, 2.05) is 79.7 Å². The van der Waals surface area contributed by atoms with Crippen molar-refractivity contribution in [3.05, 3.63) is 137 Å². The monoisotopic (exact) mass is 656 g/mol. The van der Waals surface area contributed by atoms with Crippen molar-refractivity contribution in [1.82, 2.24) is 16.0 Å². The van der Waals surface area contributed by atoms with Gasteiger partial charge < -0.3 is 21.1 Å². The first kappa shape index (κ1) is 35.3. The first-order chi connectivity index (χ1) is 22.4. The Morgan fingerprint density at radius 1 is 0.787 bits per heavy atom. The number of hydrogen-bond donors (Lipinski definition) is 4. The number of anilines is 1. The molecule has 0 aromatic heterocycles. The minimum atomic E-state index is -3.70. The van der Waals surface area contributed by atoms with Crippen molar-refractivity contribution < 1.29 is 23.1 Å². The Balaban J connectivity index is 1.58. The van der Waals surface area contributed by atoms with Gasteiger partial charge in [-0.1, -0.05) is 91.9 Å². The van der Waals surface area contributed by atoms with E-state index in [1.54, 1.807) is 0 Å². The number of benzene rings is 4. The number of nitrogens with one attached hydrogen (secondary N) is 3. The number of aryl methyl sites for hydroxylation is 1. The molecule has 0 aliphatic carbocycles. The molecule has 2 amide bonds.